The maximum atomic E-state index is 11.2. The van der Waals surface area contributed by atoms with Gasteiger partial charge in [-0.25, -0.2) is 0 Å². The van der Waals surface area contributed by atoms with Gasteiger partial charge in [-0.3, -0.25) is 10.1 Å². The standard InChI is InChI=1S/C14H22N2O3/c1-4-9-15-12-6-5-7-13(14(12)16(17)18)19-10-8-11(2)3/h5-7,11,15H,4,8-10H2,1-3H3. The quantitative estimate of drug-likeness (QED) is 0.573. The number of ether oxygens (including phenoxy) is 1. The van der Waals surface area contributed by atoms with Crippen LogP contribution < -0.4 is 10.1 Å². The van der Waals surface area contributed by atoms with E-state index in [1.807, 2.05) is 6.92 Å². The van der Waals surface area contributed by atoms with Crippen molar-refractivity contribution < 1.29 is 9.66 Å². The van der Waals surface area contributed by atoms with Crippen molar-refractivity contribution in [2.45, 2.75) is 33.6 Å². The number of hydrogen-bond acceptors (Lipinski definition) is 4. The molecule has 106 valence electrons. The summed E-state index contributed by atoms with van der Waals surface area (Å²) in [6.07, 6.45) is 1.79. The molecule has 1 N–H and O–H groups in total. The Labute approximate surface area is 114 Å². The van der Waals surface area contributed by atoms with Crippen LogP contribution in [0.25, 0.3) is 0 Å². The molecular weight excluding hydrogens is 244 g/mol. The van der Waals surface area contributed by atoms with Crippen molar-refractivity contribution in [2.75, 3.05) is 18.5 Å². The van der Waals surface area contributed by atoms with Gasteiger partial charge >= 0.3 is 5.69 Å². The van der Waals surface area contributed by atoms with Crippen molar-refractivity contribution in [3.05, 3.63) is 28.3 Å². The lowest BCUT2D eigenvalue weighted by atomic mass is 10.1. The van der Waals surface area contributed by atoms with Crippen LogP contribution in [0.2, 0.25) is 0 Å². The van der Waals surface area contributed by atoms with E-state index < -0.39 is 0 Å². The van der Waals surface area contributed by atoms with Crippen molar-refractivity contribution in [3.8, 4) is 5.75 Å². The van der Waals surface area contributed by atoms with Crippen LogP contribution in [0.1, 0.15) is 33.6 Å². The number of nitrogens with one attached hydrogen (secondary N) is 1. The molecule has 0 fully saturated rings. The van der Waals surface area contributed by atoms with E-state index in [1.165, 1.54) is 0 Å². The van der Waals surface area contributed by atoms with Crippen molar-refractivity contribution >= 4 is 11.4 Å². The fraction of sp³-hybridized carbons (Fsp3) is 0.571. The Hall–Kier alpha value is -1.78. The summed E-state index contributed by atoms with van der Waals surface area (Å²) in [6, 6.07) is 5.13. The fourth-order valence-corrected chi connectivity index (χ4v) is 1.63. The molecule has 1 aromatic carbocycles. The summed E-state index contributed by atoms with van der Waals surface area (Å²) in [6.45, 7) is 7.40. The predicted octanol–water partition coefficient (Wildman–Crippen LogP) is 3.84. The molecule has 0 heterocycles. The number of para-hydroxylation sites is 1. The first kappa shape index (κ1) is 15.3. The Kier molecular flexibility index (Phi) is 6.12. The van der Waals surface area contributed by atoms with Crippen LogP contribution in [-0.2, 0) is 0 Å². The first-order chi connectivity index (χ1) is 9.06. The van der Waals surface area contributed by atoms with E-state index in [9.17, 15) is 10.1 Å². The minimum Gasteiger partial charge on any atom is -0.487 e. The van der Waals surface area contributed by atoms with E-state index in [-0.39, 0.29) is 10.6 Å². The molecule has 0 saturated heterocycles. The van der Waals surface area contributed by atoms with E-state index in [0.717, 1.165) is 12.8 Å². The molecule has 0 atom stereocenters. The maximum Gasteiger partial charge on any atom is 0.333 e. The number of rotatable bonds is 8. The van der Waals surface area contributed by atoms with E-state index in [1.54, 1.807) is 18.2 Å². The molecule has 5 nitrogen and oxygen atoms in total. The molecule has 1 aromatic rings. The molecule has 0 aromatic heterocycles. The monoisotopic (exact) mass is 266 g/mol. The zero-order chi connectivity index (χ0) is 14.3. The average molecular weight is 266 g/mol. The summed E-state index contributed by atoms with van der Waals surface area (Å²) >= 11 is 0. The van der Waals surface area contributed by atoms with Crippen LogP contribution >= 0.6 is 0 Å². The molecule has 19 heavy (non-hydrogen) atoms. The Morgan fingerprint density at radius 1 is 1.42 bits per heavy atom. The summed E-state index contributed by atoms with van der Waals surface area (Å²) in [5.41, 5.74) is 0.550. The van der Waals surface area contributed by atoms with Crippen LogP contribution in [0, 0.1) is 16.0 Å². The minimum atomic E-state index is -0.386. The van der Waals surface area contributed by atoms with Crippen LogP contribution in [-0.4, -0.2) is 18.1 Å². The second kappa shape index (κ2) is 7.61. The summed E-state index contributed by atoms with van der Waals surface area (Å²) in [7, 11) is 0. The lowest BCUT2D eigenvalue weighted by molar-refractivity contribution is -0.385. The van der Waals surface area contributed by atoms with Crippen LogP contribution in [0.5, 0.6) is 5.75 Å². The van der Waals surface area contributed by atoms with E-state index in [2.05, 4.69) is 19.2 Å². The molecule has 5 heteroatoms. The van der Waals surface area contributed by atoms with Gasteiger partial charge in [0.2, 0.25) is 0 Å². The van der Waals surface area contributed by atoms with Crippen molar-refractivity contribution in [1.29, 1.82) is 0 Å². The highest BCUT2D eigenvalue weighted by atomic mass is 16.6. The van der Waals surface area contributed by atoms with Crippen molar-refractivity contribution in [1.82, 2.24) is 0 Å². The normalized spacial score (nSPS) is 10.5. The van der Waals surface area contributed by atoms with Gasteiger partial charge in [0, 0.05) is 6.54 Å². The van der Waals surface area contributed by atoms with E-state index >= 15 is 0 Å². The first-order valence-electron chi connectivity index (χ1n) is 6.70. The third-order valence-electron chi connectivity index (χ3n) is 2.70. The Balaban J connectivity index is 2.86. The molecule has 0 unspecified atom stereocenters. The van der Waals surface area contributed by atoms with Gasteiger partial charge in [-0.15, -0.1) is 0 Å². The number of nitro groups is 1. The van der Waals surface area contributed by atoms with Crippen LogP contribution in [0.15, 0.2) is 18.2 Å². The van der Waals surface area contributed by atoms with E-state index in [4.69, 9.17) is 4.74 Å². The largest absolute Gasteiger partial charge is 0.487 e. The summed E-state index contributed by atoms with van der Waals surface area (Å²) < 4.78 is 5.55. The zero-order valence-electron chi connectivity index (χ0n) is 11.8. The summed E-state index contributed by atoms with van der Waals surface area (Å²) in [5.74, 6) is 0.854. The highest BCUT2D eigenvalue weighted by Crippen LogP contribution is 2.34. The molecule has 0 amide bonds. The van der Waals surface area contributed by atoms with Gasteiger partial charge in [0.25, 0.3) is 0 Å². The van der Waals surface area contributed by atoms with E-state index in [0.29, 0.717) is 30.5 Å². The van der Waals surface area contributed by atoms with Gasteiger partial charge in [0.15, 0.2) is 5.75 Å². The molecule has 0 radical (unpaired) electrons. The number of benzene rings is 1. The van der Waals surface area contributed by atoms with Crippen molar-refractivity contribution in [3.63, 3.8) is 0 Å². The van der Waals surface area contributed by atoms with Gasteiger partial charge in [-0.05, 0) is 30.9 Å². The third-order valence-corrected chi connectivity index (χ3v) is 2.70. The lowest BCUT2D eigenvalue weighted by Gasteiger charge is -2.11. The molecule has 0 spiro atoms. The third kappa shape index (κ3) is 4.77. The topological polar surface area (TPSA) is 64.4 Å². The number of nitro benzene ring substituents is 1. The second-order valence-electron chi connectivity index (χ2n) is 4.87. The molecule has 0 aliphatic rings. The van der Waals surface area contributed by atoms with Crippen LogP contribution in [0.4, 0.5) is 11.4 Å². The second-order valence-corrected chi connectivity index (χ2v) is 4.87. The molecule has 0 aliphatic carbocycles. The van der Waals surface area contributed by atoms with Gasteiger partial charge in [0.05, 0.1) is 11.5 Å². The van der Waals surface area contributed by atoms with Crippen LogP contribution in [0.3, 0.4) is 0 Å². The minimum absolute atomic E-state index is 0.0275. The number of anilines is 1. The number of hydrogen-bond donors (Lipinski definition) is 1. The molecule has 0 saturated carbocycles. The van der Waals surface area contributed by atoms with Gasteiger partial charge in [-0.1, -0.05) is 26.8 Å². The lowest BCUT2D eigenvalue weighted by Crippen LogP contribution is -2.07. The summed E-state index contributed by atoms with van der Waals surface area (Å²) in [4.78, 5) is 10.8. The number of nitrogens with zero attached hydrogens (tertiary/aromatic N) is 1. The maximum absolute atomic E-state index is 11.2. The first-order valence-corrected chi connectivity index (χ1v) is 6.70. The Bertz CT molecular complexity index is 419. The Morgan fingerprint density at radius 2 is 2.16 bits per heavy atom. The highest BCUT2D eigenvalue weighted by Gasteiger charge is 2.20. The average Bonchev–Trinajstić information content (AvgIpc) is 2.35. The Morgan fingerprint density at radius 3 is 2.74 bits per heavy atom. The van der Waals surface area contributed by atoms with Gasteiger partial charge in [0.1, 0.15) is 5.69 Å². The molecule has 1 rings (SSSR count). The SMILES string of the molecule is CCCNc1cccc(OCCC(C)C)c1[N+](=O)[O-]. The fourth-order valence-electron chi connectivity index (χ4n) is 1.63. The molecule has 0 bridgehead atoms. The predicted molar refractivity (Wildman–Crippen MR) is 76.8 cm³/mol. The zero-order valence-corrected chi connectivity index (χ0v) is 11.8. The summed E-state index contributed by atoms with van der Waals surface area (Å²) in [5, 5.41) is 14.3. The van der Waals surface area contributed by atoms with Crippen molar-refractivity contribution in [2.24, 2.45) is 5.92 Å². The molecule has 0 aliphatic heterocycles. The smallest absolute Gasteiger partial charge is 0.333 e. The highest BCUT2D eigenvalue weighted by molar-refractivity contribution is 5.68. The molecular formula is C14H22N2O3. The van der Waals surface area contributed by atoms with Gasteiger partial charge in [-0.2, -0.15) is 0 Å². The van der Waals surface area contributed by atoms with Gasteiger partial charge < -0.3 is 10.1 Å².